The van der Waals surface area contributed by atoms with Crippen molar-refractivity contribution in [1.82, 2.24) is 30.4 Å². The van der Waals surface area contributed by atoms with E-state index in [0.29, 0.717) is 11.7 Å². The van der Waals surface area contributed by atoms with Crippen molar-refractivity contribution >= 4 is 29.5 Å². The van der Waals surface area contributed by atoms with Crippen LogP contribution in [0.15, 0.2) is 16.6 Å². The number of β-lactam (4-membered cyclic amide) rings is 1. The fraction of sp³-hybridized carbons (Fsp3) is 0.600. The highest BCUT2D eigenvalue weighted by atomic mass is 32.2. The van der Waals surface area contributed by atoms with E-state index in [1.807, 2.05) is 0 Å². The molecule has 28 heavy (non-hydrogen) atoms. The van der Waals surface area contributed by atoms with Crippen molar-refractivity contribution in [3.05, 3.63) is 11.5 Å². The van der Waals surface area contributed by atoms with E-state index >= 15 is 0 Å². The number of carboxylic acids is 1. The number of ether oxygens (including phenoxy) is 1. The number of nitrogens with two attached hydrogens (primary N) is 1. The van der Waals surface area contributed by atoms with Crippen molar-refractivity contribution < 1.29 is 24.2 Å². The zero-order chi connectivity index (χ0) is 19.6. The third-order valence-electron chi connectivity index (χ3n) is 5.48. The summed E-state index contributed by atoms with van der Waals surface area (Å²) in [5.41, 5.74) is 5.36. The minimum absolute atomic E-state index is 0.107. The first-order valence-electron chi connectivity index (χ1n) is 8.87. The van der Waals surface area contributed by atoms with Crippen LogP contribution in [0.2, 0.25) is 0 Å². The van der Waals surface area contributed by atoms with E-state index in [-0.39, 0.29) is 47.2 Å². The van der Waals surface area contributed by atoms with Crippen molar-refractivity contribution in [2.75, 3.05) is 12.3 Å². The van der Waals surface area contributed by atoms with Gasteiger partial charge in [-0.05, 0) is 29.2 Å². The maximum absolute atomic E-state index is 12.3. The van der Waals surface area contributed by atoms with Gasteiger partial charge in [0.05, 0.1) is 11.8 Å². The summed E-state index contributed by atoms with van der Waals surface area (Å²) >= 11 is 1.14. The largest absolute Gasteiger partial charge is 0.488 e. The molecule has 0 spiro atoms. The molecular formula is C15H17N7O5S. The monoisotopic (exact) mass is 407 g/mol. The van der Waals surface area contributed by atoms with E-state index in [9.17, 15) is 19.5 Å². The van der Waals surface area contributed by atoms with E-state index in [2.05, 4.69) is 20.8 Å². The van der Waals surface area contributed by atoms with Crippen LogP contribution < -0.4 is 11.1 Å². The number of amides is 2. The van der Waals surface area contributed by atoms with E-state index in [1.54, 1.807) is 0 Å². The summed E-state index contributed by atoms with van der Waals surface area (Å²) in [5, 5.41) is 24.5. The highest BCUT2D eigenvalue weighted by Gasteiger charge is 2.61. The van der Waals surface area contributed by atoms with Gasteiger partial charge in [-0.1, -0.05) is 11.8 Å². The molecule has 4 aliphatic rings. The first kappa shape index (κ1) is 17.4. The molecule has 4 atom stereocenters. The number of thioether (sulfide) groups is 1. The Bertz CT molecular complexity index is 912. The average molecular weight is 407 g/mol. The van der Waals surface area contributed by atoms with Crippen LogP contribution in [0.3, 0.4) is 0 Å². The van der Waals surface area contributed by atoms with Crippen LogP contribution in [0.5, 0.6) is 0 Å². The Labute approximate surface area is 162 Å². The lowest BCUT2D eigenvalue weighted by Gasteiger charge is -2.48. The van der Waals surface area contributed by atoms with E-state index in [4.69, 9.17) is 10.5 Å². The number of nitrogens with one attached hydrogen (secondary N) is 1. The zero-order valence-electron chi connectivity index (χ0n) is 14.5. The molecule has 2 amide bonds. The molecule has 12 nitrogen and oxygen atoms in total. The Balaban J connectivity index is 1.40. The van der Waals surface area contributed by atoms with Crippen LogP contribution in [0.25, 0.3) is 0 Å². The topological polar surface area (TPSA) is 166 Å². The Hall–Kier alpha value is -2.67. The second-order valence-electron chi connectivity index (χ2n) is 7.20. The molecule has 13 heteroatoms. The standard InChI is InChI=1S/C15H17N7O5S/c16-12(23)9(5-1-2-5)22-15(18-19-20-22)28-4-7-11(14(25)26)21-10-6(27-7)3-17-8(10)13(21)24/h5-6,8-10,17H,1-4H2,(H2,16,23)(H,25,26)/t6-,8+,9?,10-/m1/s1. The fourth-order valence-corrected chi connectivity index (χ4v) is 4.92. The number of aliphatic carboxylic acids is 1. The predicted molar refractivity (Wildman–Crippen MR) is 91.5 cm³/mol. The molecule has 0 aromatic carbocycles. The molecule has 1 aromatic heterocycles. The van der Waals surface area contributed by atoms with Crippen molar-refractivity contribution in [1.29, 1.82) is 0 Å². The van der Waals surface area contributed by atoms with Crippen molar-refractivity contribution in [2.24, 2.45) is 11.7 Å². The van der Waals surface area contributed by atoms with Gasteiger partial charge in [0, 0.05) is 6.54 Å². The number of nitrogens with zero attached hydrogens (tertiary/aromatic N) is 5. The average Bonchev–Trinajstić information content (AvgIpc) is 3.23. The maximum atomic E-state index is 12.3. The second-order valence-corrected chi connectivity index (χ2v) is 8.14. The summed E-state index contributed by atoms with van der Waals surface area (Å²) in [6, 6.07) is -1.29. The van der Waals surface area contributed by atoms with Gasteiger partial charge in [-0.2, -0.15) is 0 Å². The number of primary amides is 1. The molecule has 4 N–H and O–H groups in total. The van der Waals surface area contributed by atoms with Crippen LogP contribution in [-0.4, -0.2) is 78.5 Å². The van der Waals surface area contributed by atoms with Crippen molar-refractivity contribution in [2.45, 2.75) is 42.2 Å². The van der Waals surface area contributed by atoms with Crippen molar-refractivity contribution in [3.8, 4) is 0 Å². The van der Waals surface area contributed by atoms with Crippen LogP contribution in [0, 0.1) is 5.92 Å². The fourth-order valence-electron chi connectivity index (χ4n) is 4.08. The summed E-state index contributed by atoms with van der Waals surface area (Å²) in [6.07, 6.45) is 1.47. The van der Waals surface area contributed by atoms with Gasteiger partial charge in [-0.3, -0.25) is 14.5 Å². The number of tetrazole rings is 1. The van der Waals surface area contributed by atoms with Gasteiger partial charge >= 0.3 is 5.97 Å². The summed E-state index contributed by atoms with van der Waals surface area (Å²) in [7, 11) is 0. The molecule has 148 valence electrons. The highest BCUT2D eigenvalue weighted by Crippen LogP contribution is 2.42. The number of rotatable bonds is 7. The number of hydrogen-bond acceptors (Lipinski definition) is 9. The molecule has 0 radical (unpaired) electrons. The molecule has 1 saturated carbocycles. The predicted octanol–water partition coefficient (Wildman–Crippen LogP) is -1.92. The minimum Gasteiger partial charge on any atom is -0.488 e. The smallest absolute Gasteiger partial charge is 0.356 e. The van der Waals surface area contributed by atoms with Gasteiger partial charge in [-0.15, -0.1) is 5.10 Å². The van der Waals surface area contributed by atoms with Crippen LogP contribution >= 0.6 is 11.8 Å². The lowest BCUT2D eigenvalue weighted by molar-refractivity contribution is -0.158. The quantitative estimate of drug-likeness (QED) is 0.342. The van der Waals surface area contributed by atoms with Crippen LogP contribution in [0.1, 0.15) is 18.9 Å². The van der Waals surface area contributed by atoms with Gasteiger partial charge < -0.3 is 20.9 Å². The molecule has 1 aliphatic carbocycles. The van der Waals surface area contributed by atoms with E-state index in [1.165, 1.54) is 9.58 Å². The molecule has 1 aromatic rings. The summed E-state index contributed by atoms with van der Waals surface area (Å²) < 4.78 is 7.28. The first-order chi connectivity index (χ1) is 13.5. The van der Waals surface area contributed by atoms with Gasteiger partial charge in [0.2, 0.25) is 17.0 Å². The number of carbonyl (C=O) groups is 3. The normalized spacial score (nSPS) is 29.2. The summed E-state index contributed by atoms with van der Waals surface area (Å²) in [5.74, 6) is -1.58. The van der Waals surface area contributed by atoms with Gasteiger partial charge in [0.1, 0.15) is 23.9 Å². The van der Waals surface area contributed by atoms with Gasteiger partial charge in [0.15, 0.2) is 5.70 Å². The maximum Gasteiger partial charge on any atom is 0.356 e. The molecule has 5 rings (SSSR count). The summed E-state index contributed by atoms with van der Waals surface area (Å²) in [4.78, 5) is 37.2. The number of hydrogen-bond donors (Lipinski definition) is 3. The van der Waals surface area contributed by atoms with Crippen LogP contribution in [0.4, 0.5) is 0 Å². The van der Waals surface area contributed by atoms with Gasteiger partial charge in [-0.25, -0.2) is 9.48 Å². The lowest BCUT2D eigenvalue weighted by atomic mass is 9.92. The third-order valence-corrected chi connectivity index (χ3v) is 6.42. The Kier molecular flexibility index (Phi) is 3.84. The molecule has 1 unspecified atom stereocenters. The minimum atomic E-state index is -1.22. The first-order valence-corrected chi connectivity index (χ1v) is 9.85. The molecule has 4 heterocycles. The molecule has 0 bridgehead atoms. The van der Waals surface area contributed by atoms with Gasteiger partial charge in [0.25, 0.3) is 0 Å². The van der Waals surface area contributed by atoms with E-state index < -0.39 is 17.9 Å². The zero-order valence-corrected chi connectivity index (χ0v) is 15.3. The van der Waals surface area contributed by atoms with Crippen LogP contribution in [-0.2, 0) is 19.1 Å². The molecule has 3 aliphatic heterocycles. The third kappa shape index (κ3) is 2.49. The SMILES string of the molecule is NC(=O)C(C1CC1)n1nnnc1SCC1=C(C(=O)O)N2C(=O)[C@H]3NC[C@@H](O1)[C@H]32. The number of carbonyl (C=O) groups excluding carboxylic acids is 2. The van der Waals surface area contributed by atoms with Crippen molar-refractivity contribution in [3.63, 3.8) is 0 Å². The second kappa shape index (κ2) is 6.17. The highest BCUT2D eigenvalue weighted by molar-refractivity contribution is 7.99. The molecule has 3 fully saturated rings. The van der Waals surface area contributed by atoms with E-state index in [0.717, 1.165) is 24.6 Å². The number of aromatic nitrogens is 4. The summed E-state index contributed by atoms with van der Waals surface area (Å²) in [6.45, 7) is 0.474. The number of carboxylic acid groups (broad SMARTS) is 1. The Morgan fingerprint density at radius 3 is 2.89 bits per heavy atom. The Morgan fingerprint density at radius 2 is 2.21 bits per heavy atom. The lowest BCUT2D eigenvalue weighted by Crippen LogP contribution is -2.69. The molecule has 2 saturated heterocycles. The Morgan fingerprint density at radius 1 is 1.43 bits per heavy atom. The molecular weight excluding hydrogens is 390 g/mol.